The maximum absolute atomic E-state index is 13.7. The molecule has 0 fully saturated rings. The molecule has 1 aromatic heterocycles. The Labute approximate surface area is 212 Å². The van der Waals surface area contributed by atoms with Crippen LogP contribution >= 0.6 is 11.3 Å². The lowest BCUT2D eigenvalue weighted by Gasteiger charge is -2.38. The third kappa shape index (κ3) is 6.19. The average molecular weight is 491 g/mol. The molecule has 6 heteroatoms. The summed E-state index contributed by atoms with van der Waals surface area (Å²) in [5.41, 5.74) is 4.55. The van der Waals surface area contributed by atoms with Crippen LogP contribution in [0, 0.1) is 6.92 Å². The number of fused-ring (bicyclic) bond motifs is 1. The van der Waals surface area contributed by atoms with E-state index >= 15 is 0 Å². The second kappa shape index (κ2) is 12.1. The molecule has 0 aliphatic carbocycles. The minimum absolute atomic E-state index is 0.0115. The van der Waals surface area contributed by atoms with E-state index in [0.717, 1.165) is 30.4 Å². The number of carbonyl (C=O) groups excluding carboxylic acids is 2. The molecule has 0 spiro atoms. The van der Waals surface area contributed by atoms with E-state index in [1.165, 1.54) is 16.0 Å². The van der Waals surface area contributed by atoms with E-state index in [1.807, 2.05) is 47.4 Å². The Balaban J connectivity index is 1.48. The first kappa shape index (κ1) is 25.1. The Hall–Kier alpha value is -2.96. The third-order valence-corrected chi connectivity index (χ3v) is 7.56. The van der Waals surface area contributed by atoms with E-state index in [0.29, 0.717) is 19.7 Å². The van der Waals surface area contributed by atoms with Gasteiger partial charge in [0, 0.05) is 18.0 Å². The number of ether oxygens (including phenoxy) is 1. The van der Waals surface area contributed by atoms with Crippen LogP contribution in [0.25, 0.3) is 0 Å². The summed E-state index contributed by atoms with van der Waals surface area (Å²) in [7, 11) is 0. The molecule has 1 aliphatic rings. The van der Waals surface area contributed by atoms with Gasteiger partial charge in [0.25, 0.3) is 0 Å². The van der Waals surface area contributed by atoms with Crippen molar-refractivity contribution in [1.29, 1.82) is 0 Å². The first-order valence-corrected chi connectivity index (χ1v) is 13.3. The maximum Gasteiger partial charge on any atom is 0.249 e. The van der Waals surface area contributed by atoms with Crippen molar-refractivity contribution in [2.45, 2.75) is 45.8 Å². The fourth-order valence-electron chi connectivity index (χ4n) is 4.63. The highest BCUT2D eigenvalue weighted by Gasteiger charge is 2.34. The summed E-state index contributed by atoms with van der Waals surface area (Å²) in [5.74, 6) is -0.147. The van der Waals surface area contributed by atoms with Gasteiger partial charge in [-0.2, -0.15) is 0 Å². The summed E-state index contributed by atoms with van der Waals surface area (Å²) in [4.78, 5) is 31.7. The zero-order chi connectivity index (χ0) is 24.6. The van der Waals surface area contributed by atoms with E-state index < -0.39 is 0 Å². The largest absolute Gasteiger partial charge is 0.367 e. The highest BCUT2D eigenvalue weighted by Crippen LogP contribution is 2.39. The summed E-state index contributed by atoms with van der Waals surface area (Å²) < 4.78 is 5.70. The molecule has 1 aliphatic heterocycles. The normalized spacial score (nSPS) is 15.0. The molecule has 0 N–H and O–H groups in total. The number of unbranched alkanes of at least 4 members (excludes halogenated alkanes) is 1. The molecule has 2 amide bonds. The van der Waals surface area contributed by atoms with Gasteiger partial charge in [-0.1, -0.05) is 67.9 Å². The smallest absolute Gasteiger partial charge is 0.249 e. The summed E-state index contributed by atoms with van der Waals surface area (Å²) in [6.45, 7) is 5.84. The fourth-order valence-corrected chi connectivity index (χ4v) is 5.53. The van der Waals surface area contributed by atoms with Gasteiger partial charge in [-0.05, 0) is 53.5 Å². The number of benzene rings is 2. The van der Waals surface area contributed by atoms with Gasteiger partial charge in [0.2, 0.25) is 11.8 Å². The van der Waals surface area contributed by atoms with Gasteiger partial charge in [0.15, 0.2) is 0 Å². The van der Waals surface area contributed by atoms with E-state index in [2.05, 4.69) is 37.4 Å². The Morgan fingerprint density at radius 3 is 2.60 bits per heavy atom. The number of thiophene rings is 1. The van der Waals surface area contributed by atoms with Gasteiger partial charge in [0.1, 0.15) is 6.61 Å². The van der Waals surface area contributed by atoms with Crippen LogP contribution in [0.5, 0.6) is 0 Å². The number of rotatable bonds is 10. The molecule has 2 aromatic carbocycles. The number of hydrogen-bond acceptors (Lipinski definition) is 4. The zero-order valence-electron chi connectivity index (χ0n) is 20.6. The lowest BCUT2D eigenvalue weighted by atomic mass is 9.90. The van der Waals surface area contributed by atoms with E-state index in [9.17, 15) is 9.59 Å². The van der Waals surface area contributed by atoms with Crippen molar-refractivity contribution in [3.8, 4) is 0 Å². The molecule has 0 saturated carbocycles. The highest BCUT2D eigenvalue weighted by molar-refractivity contribution is 7.10. The lowest BCUT2D eigenvalue weighted by molar-refractivity contribution is -0.144. The van der Waals surface area contributed by atoms with Crippen LogP contribution in [0.2, 0.25) is 0 Å². The molecular formula is C29H34N2O3S. The van der Waals surface area contributed by atoms with Gasteiger partial charge in [0.05, 0.1) is 19.2 Å². The molecule has 3 aromatic rings. The summed E-state index contributed by atoms with van der Waals surface area (Å²) in [6.07, 6.45) is 2.66. The minimum atomic E-state index is -0.136. The van der Waals surface area contributed by atoms with Gasteiger partial charge in [-0.25, -0.2) is 0 Å². The van der Waals surface area contributed by atoms with Crippen molar-refractivity contribution in [1.82, 2.24) is 9.80 Å². The molecule has 35 heavy (non-hydrogen) atoms. The summed E-state index contributed by atoms with van der Waals surface area (Å²) in [5, 5.41) is 2.12. The van der Waals surface area contributed by atoms with Crippen LogP contribution < -0.4 is 0 Å². The molecule has 2 heterocycles. The van der Waals surface area contributed by atoms with Crippen molar-refractivity contribution < 1.29 is 14.3 Å². The van der Waals surface area contributed by atoms with Crippen molar-refractivity contribution in [3.63, 3.8) is 0 Å². The number of hydrogen-bond donors (Lipinski definition) is 0. The van der Waals surface area contributed by atoms with Crippen molar-refractivity contribution >= 4 is 23.2 Å². The predicted octanol–water partition coefficient (Wildman–Crippen LogP) is 5.38. The average Bonchev–Trinajstić information content (AvgIpc) is 3.36. The number of aryl methyl sites for hydroxylation is 1. The minimum Gasteiger partial charge on any atom is -0.367 e. The number of carbonyl (C=O) groups is 2. The van der Waals surface area contributed by atoms with E-state index in [4.69, 9.17) is 4.74 Å². The molecule has 0 saturated heterocycles. The van der Waals surface area contributed by atoms with E-state index in [-0.39, 0.29) is 31.0 Å². The fraction of sp³-hybridized carbons (Fsp3) is 0.379. The molecule has 4 rings (SSSR count). The summed E-state index contributed by atoms with van der Waals surface area (Å²) >= 11 is 1.76. The molecular weight excluding hydrogens is 456 g/mol. The molecule has 1 atom stereocenters. The lowest BCUT2D eigenvalue weighted by Crippen LogP contribution is -2.47. The monoisotopic (exact) mass is 490 g/mol. The van der Waals surface area contributed by atoms with Gasteiger partial charge >= 0.3 is 0 Å². The first-order valence-electron chi connectivity index (χ1n) is 12.4. The van der Waals surface area contributed by atoms with Gasteiger partial charge < -0.3 is 14.5 Å². The van der Waals surface area contributed by atoms with Crippen LogP contribution in [-0.2, 0) is 27.4 Å². The quantitative estimate of drug-likeness (QED) is 0.384. The van der Waals surface area contributed by atoms with E-state index in [1.54, 1.807) is 16.2 Å². The topological polar surface area (TPSA) is 49.9 Å². The van der Waals surface area contributed by atoms with Crippen molar-refractivity contribution in [2.75, 3.05) is 26.2 Å². The Morgan fingerprint density at radius 2 is 1.83 bits per heavy atom. The molecule has 1 unspecified atom stereocenters. The summed E-state index contributed by atoms with van der Waals surface area (Å²) in [6, 6.07) is 20.1. The van der Waals surface area contributed by atoms with Crippen LogP contribution in [-0.4, -0.2) is 47.9 Å². The predicted molar refractivity (Wildman–Crippen MR) is 140 cm³/mol. The molecule has 184 valence electrons. The molecule has 0 radical (unpaired) electrons. The SMILES string of the molecule is CCCCN(CC(=O)N1CCc2sccc2C1c1ccccc1C)C(=O)COCc1ccccc1. The van der Waals surface area contributed by atoms with Crippen LogP contribution in [0.3, 0.4) is 0 Å². The van der Waals surface area contributed by atoms with Crippen LogP contribution in [0.4, 0.5) is 0 Å². The Kier molecular flexibility index (Phi) is 8.72. The molecule has 0 bridgehead atoms. The van der Waals surface area contributed by atoms with Gasteiger partial charge in [-0.3, -0.25) is 9.59 Å². The second-order valence-electron chi connectivity index (χ2n) is 9.04. The molecule has 5 nitrogen and oxygen atoms in total. The zero-order valence-corrected chi connectivity index (χ0v) is 21.4. The highest BCUT2D eigenvalue weighted by atomic mass is 32.1. The third-order valence-electron chi connectivity index (χ3n) is 6.57. The number of amides is 2. The standard InChI is InChI=1S/C29H34N2O3S/c1-3-4-16-30(28(33)21-34-20-23-11-6-5-7-12-23)19-27(32)31-17-14-26-25(15-18-35-26)29(31)24-13-9-8-10-22(24)2/h5-13,15,18,29H,3-4,14,16-17,19-21H2,1-2H3. The van der Waals surface area contributed by atoms with Crippen LogP contribution in [0.1, 0.15) is 52.9 Å². The van der Waals surface area contributed by atoms with Crippen LogP contribution in [0.15, 0.2) is 66.0 Å². The Morgan fingerprint density at radius 1 is 1.06 bits per heavy atom. The Bertz CT molecular complexity index is 1130. The van der Waals surface area contributed by atoms with Crippen molar-refractivity contribution in [2.24, 2.45) is 0 Å². The first-order chi connectivity index (χ1) is 17.1. The second-order valence-corrected chi connectivity index (χ2v) is 10.0. The number of nitrogens with zero attached hydrogens (tertiary/aromatic N) is 2. The van der Waals surface area contributed by atoms with Gasteiger partial charge in [-0.15, -0.1) is 11.3 Å². The maximum atomic E-state index is 13.7. The van der Waals surface area contributed by atoms with Crippen molar-refractivity contribution in [3.05, 3.63) is 93.2 Å².